The van der Waals surface area contributed by atoms with E-state index >= 15 is 0 Å². The number of rotatable bonds is 6. The van der Waals surface area contributed by atoms with E-state index in [-0.39, 0.29) is 16.7 Å². The van der Waals surface area contributed by atoms with E-state index in [1.807, 2.05) is 24.3 Å². The summed E-state index contributed by atoms with van der Waals surface area (Å²) in [6.07, 6.45) is 1.04. The van der Waals surface area contributed by atoms with Gasteiger partial charge in [0.05, 0.1) is 16.0 Å². The van der Waals surface area contributed by atoms with Crippen LogP contribution in [-0.2, 0) is 20.9 Å². The van der Waals surface area contributed by atoms with Crippen molar-refractivity contribution < 1.29 is 19.2 Å². The molecule has 1 aromatic carbocycles. The number of hydrogen-bond acceptors (Lipinski definition) is 8. The number of anilines is 1. The van der Waals surface area contributed by atoms with E-state index in [0.717, 1.165) is 17.2 Å². The van der Waals surface area contributed by atoms with E-state index in [4.69, 9.17) is 4.74 Å². The molecule has 11 heteroatoms. The van der Waals surface area contributed by atoms with Crippen molar-refractivity contribution in [1.29, 1.82) is 0 Å². The van der Waals surface area contributed by atoms with Gasteiger partial charge in [0.1, 0.15) is 18.6 Å². The average Bonchev–Trinajstić information content (AvgIpc) is 3.18. The minimum Gasteiger partial charge on any atom is -0.454 e. The van der Waals surface area contributed by atoms with E-state index in [9.17, 15) is 19.7 Å². The van der Waals surface area contributed by atoms with Gasteiger partial charge >= 0.3 is 11.0 Å². The second kappa shape index (κ2) is 7.27. The zero-order chi connectivity index (χ0) is 18.7. The number of thiazole rings is 1. The Balaban J connectivity index is 1.55. The van der Waals surface area contributed by atoms with Gasteiger partial charge < -0.3 is 9.30 Å². The number of esters is 1. The van der Waals surface area contributed by atoms with E-state index in [0.29, 0.717) is 17.2 Å². The Morgan fingerprint density at radius 2 is 2.15 bits per heavy atom. The molecule has 0 atom stereocenters. The van der Waals surface area contributed by atoms with Gasteiger partial charge in [0.25, 0.3) is 5.91 Å². The number of ether oxygens (including phenoxy) is 1. The minimum atomic E-state index is -0.630. The Labute approximate surface area is 150 Å². The molecule has 0 aliphatic carbocycles. The number of aromatic nitrogens is 3. The fraction of sp³-hybridized carbons (Fsp3) is 0.200. The zero-order valence-electron chi connectivity index (χ0n) is 13.5. The third-order valence-electron chi connectivity index (χ3n) is 3.42. The Hall–Kier alpha value is -3.34. The molecular weight excluding hydrogens is 362 g/mol. The normalized spacial score (nSPS) is 10.7. The van der Waals surface area contributed by atoms with Crippen molar-refractivity contribution in [3.8, 4) is 0 Å². The lowest BCUT2D eigenvalue weighted by molar-refractivity contribution is -0.380. The molecule has 0 spiro atoms. The van der Waals surface area contributed by atoms with Gasteiger partial charge in [-0.05, 0) is 30.4 Å². The Kier molecular flexibility index (Phi) is 4.89. The van der Waals surface area contributed by atoms with Crippen molar-refractivity contribution in [3.05, 3.63) is 46.4 Å². The molecule has 0 radical (unpaired) electrons. The molecule has 3 aromatic rings. The summed E-state index contributed by atoms with van der Waals surface area (Å²) < 4.78 is 6.65. The summed E-state index contributed by atoms with van der Waals surface area (Å²) in [6.45, 7) is 1.18. The van der Waals surface area contributed by atoms with Crippen LogP contribution in [0, 0.1) is 17.0 Å². The van der Waals surface area contributed by atoms with Gasteiger partial charge in [0, 0.05) is 0 Å². The van der Waals surface area contributed by atoms with Crippen molar-refractivity contribution in [2.24, 2.45) is 0 Å². The van der Waals surface area contributed by atoms with Gasteiger partial charge in [-0.2, -0.15) is 0 Å². The van der Waals surface area contributed by atoms with Crippen LogP contribution in [0.25, 0.3) is 11.0 Å². The first-order valence-electron chi connectivity index (χ1n) is 7.41. The maximum atomic E-state index is 12.0. The minimum absolute atomic E-state index is 0.0641. The van der Waals surface area contributed by atoms with Crippen molar-refractivity contribution in [2.45, 2.75) is 13.5 Å². The number of nitrogens with one attached hydrogen (secondary N) is 1. The zero-order valence-corrected chi connectivity index (χ0v) is 14.4. The van der Waals surface area contributed by atoms with Crippen LogP contribution < -0.4 is 5.32 Å². The molecule has 2 heterocycles. The number of aryl methyl sites for hydroxylation is 1. The highest BCUT2D eigenvalue weighted by atomic mass is 32.1. The summed E-state index contributed by atoms with van der Waals surface area (Å²) in [5.41, 5.74) is 1.56. The van der Waals surface area contributed by atoms with Gasteiger partial charge in [0.15, 0.2) is 11.7 Å². The SMILES string of the molecule is Cc1nc2ccccc2n1CC(=O)OCC(=O)Nc1ncc([N+](=O)[O-])s1. The standard InChI is InChI=1S/C15H13N5O5S/c1-9-17-10-4-2-3-5-11(10)19(9)7-14(22)25-8-12(21)18-15-16-6-13(26-15)20(23)24/h2-6H,7-8H2,1H3,(H,16,18,21). The number of benzene rings is 1. The monoisotopic (exact) mass is 375 g/mol. The summed E-state index contributed by atoms with van der Waals surface area (Å²) in [6, 6.07) is 7.37. The number of amides is 1. The van der Waals surface area contributed by atoms with E-state index in [1.165, 1.54) is 0 Å². The quantitative estimate of drug-likeness (QED) is 0.395. The summed E-state index contributed by atoms with van der Waals surface area (Å²) >= 11 is 0.716. The highest BCUT2D eigenvalue weighted by Gasteiger charge is 2.16. The summed E-state index contributed by atoms with van der Waals surface area (Å²) in [4.78, 5) is 41.8. The predicted molar refractivity (Wildman–Crippen MR) is 92.8 cm³/mol. The first kappa shape index (κ1) is 17.5. The third-order valence-corrected chi connectivity index (χ3v) is 4.28. The number of para-hydroxylation sites is 2. The molecule has 0 fully saturated rings. The molecule has 0 unspecified atom stereocenters. The summed E-state index contributed by atoms with van der Waals surface area (Å²) in [5, 5.41) is 12.8. The van der Waals surface area contributed by atoms with Crippen LogP contribution in [0.15, 0.2) is 30.5 Å². The number of imidazole rings is 1. The highest BCUT2D eigenvalue weighted by Crippen LogP contribution is 2.24. The molecule has 1 N–H and O–H groups in total. The van der Waals surface area contributed by atoms with E-state index in [1.54, 1.807) is 11.5 Å². The molecule has 1 amide bonds. The maximum absolute atomic E-state index is 12.0. The number of fused-ring (bicyclic) bond motifs is 1. The number of hydrogen-bond donors (Lipinski definition) is 1. The molecule has 0 aliphatic rings. The summed E-state index contributed by atoms with van der Waals surface area (Å²) in [5.74, 6) is -0.575. The van der Waals surface area contributed by atoms with Gasteiger partial charge in [-0.1, -0.05) is 12.1 Å². The van der Waals surface area contributed by atoms with E-state index in [2.05, 4.69) is 15.3 Å². The molecule has 0 bridgehead atoms. The molecule has 0 saturated carbocycles. The fourth-order valence-corrected chi connectivity index (χ4v) is 2.93. The first-order valence-corrected chi connectivity index (χ1v) is 8.23. The van der Waals surface area contributed by atoms with Crippen LogP contribution in [0.2, 0.25) is 0 Å². The van der Waals surface area contributed by atoms with Gasteiger partial charge in [-0.15, -0.1) is 0 Å². The second-order valence-electron chi connectivity index (χ2n) is 5.20. The molecule has 134 valence electrons. The highest BCUT2D eigenvalue weighted by molar-refractivity contribution is 7.18. The van der Waals surface area contributed by atoms with Crippen LogP contribution in [0.3, 0.4) is 0 Å². The maximum Gasteiger partial charge on any atom is 0.345 e. The predicted octanol–water partition coefficient (Wildman–Crippen LogP) is 1.89. The van der Waals surface area contributed by atoms with Crippen LogP contribution >= 0.6 is 11.3 Å². The lowest BCUT2D eigenvalue weighted by Crippen LogP contribution is -2.23. The number of nitro groups is 1. The van der Waals surface area contributed by atoms with Crippen molar-refractivity contribution >= 4 is 44.4 Å². The topological polar surface area (TPSA) is 129 Å². The lowest BCUT2D eigenvalue weighted by atomic mass is 10.3. The summed E-state index contributed by atoms with van der Waals surface area (Å²) in [7, 11) is 0. The Bertz CT molecular complexity index is 995. The molecule has 3 rings (SSSR count). The molecule has 0 aliphatic heterocycles. The van der Waals surface area contributed by atoms with Crippen LogP contribution in [0.1, 0.15) is 5.82 Å². The second-order valence-corrected chi connectivity index (χ2v) is 6.21. The number of nitrogens with zero attached hydrogens (tertiary/aromatic N) is 4. The van der Waals surface area contributed by atoms with E-state index < -0.39 is 23.4 Å². The van der Waals surface area contributed by atoms with Gasteiger partial charge in [-0.25, -0.2) is 9.97 Å². The van der Waals surface area contributed by atoms with Crippen LogP contribution in [0.5, 0.6) is 0 Å². The third kappa shape index (κ3) is 3.83. The fourth-order valence-electron chi connectivity index (χ4n) is 2.28. The molecule has 2 aromatic heterocycles. The smallest absolute Gasteiger partial charge is 0.345 e. The Morgan fingerprint density at radius 3 is 2.88 bits per heavy atom. The van der Waals surface area contributed by atoms with Gasteiger partial charge in [-0.3, -0.25) is 25.0 Å². The first-order chi connectivity index (χ1) is 12.4. The van der Waals surface area contributed by atoms with Crippen molar-refractivity contribution in [3.63, 3.8) is 0 Å². The van der Waals surface area contributed by atoms with Gasteiger partial charge in [0.2, 0.25) is 0 Å². The van der Waals surface area contributed by atoms with Crippen molar-refractivity contribution in [1.82, 2.24) is 14.5 Å². The lowest BCUT2D eigenvalue weighted by Gasteiger charge is -2.07. The Morgan fingerprint density at radius 1 is 1.38 bits per heavy atom. The molecule has 26 heavy (non-hydrogen) atoms. The number of carbonyl (C=O) groups is 2. The molecule has 0 saturated heterocycles. The van der Waals surface area contributed by atoms with Crippen LogP contribution in [0.4, 0.5) is 10.1 Å². The number of carbonyl (C=O) groups excluding carboxylic acids is 2. The molecular formula is C15H13N5O5S. The molecule has 10 nitrogen and oxygen atoms in total. The van der Waals surface area contributed by atoms with Crippen LogP contribution in [-0.4, -0.2) is 37.9 Å². The average molecular weight is 375 g/mol. The van der Waals surface area contributed by atoms with Crippen molar-refractivity contribution in [2.75, 3.05) is 11.9 Å². The largest absolute Gasteiger partial charge is 0.454 e.